The van der Waals surface area contributed by atoms with Crippen molar-refractivity contribution in [3.63, 3.8) is 0 Å². The molecule has 1 fully saturated rings. The molecule has 0 atom stereocenters. The van der Waals surface area contributed by atoms with E-state index in [-0.39, 0.29) is 17.7 Å². The minimum Gasteiger partial charge on any atom is -0.508 e. The first kappa shape index (κ1) is 22.1. The average molecular weight is 451 g/mol. The number of aromatic nitrogens is 2. The molecule has 1 N–H and O–H groups in total. The number of phenols is 1. The molecule has 7 heteroatoms. The lowest BCUT2D eigenvalue weighted by Crippen LogP contribution is -2.38. The van der Waals surface area contributed by atoms with Gasteiger partial charge in [0.05, 0.1) is 11.3 Å². The molecule has 0 aliphatic carbocycles. The van der Waals surface area contributed by atoms with Gasteiger partial charge in [-0.05, 0) is 63.4 Å². The molecule has 1 saturated heterocycles. The first-order chi connectivity index (χ1) is 15.5. The molecule has 1 aliphatic heterocycles. The van der Waals surface area contributed by atoms with Crippen molar-refractivity contribution >= 4 is 29.1 Å². The van der Waals surface area contributed by atoms with E-state index in [4.69, 9.17) is 16.6 Å². The first-order valence-corrected chi connectivity index (χ1v) is 11.3. The van der Waals surface area contributed by atoms with Gasteiger partial charge in [0.15, 0.2) is 0 Å². The topological polar surface area (TPSA) is 69.6 Å². The van der Waals surface area contributed by atoms with Crippen molar-refractivity contribution in [2.45, 2.75) is 39.2 Å². The minimum absolute atomic E-state index is 0.118. The molecule has 6 nitrogen and oxygen atoms in total. The van der Waals surface area contributed by atoms with Gasteiger partial charge in [0.25, 0.3) is 5.91 Å². The van der Waals surface area contributed by atoms with Crippen molar-refractivity contribution in [1.29, 1.82) is 0 Å². The Morgan fingerprint density at radius 2 is 1.75 bits per heavy atom. The van der Waals surface area contributed by atoms with E-state index in [0.29, 0.717) is 33.5 Å². The molecule has 2 heterocycles. The number of nitrogens with zero attached hydrogens (tertiary/aromatic N) is 4. The number of amides is 1. The van der Waals surface area contributed by atoms with Crippen LogP contribution in [0.15, 0.2) is 54.7 Å². The van der Waals surface area contributed by atoms with Crippen LogP contribution in [0.1, 0.15) is 43.5 Å². The zero-order chi connectivity index (χ0) is 22.7. The summed E-state index contributed by atoms with van der Waals surface area (Å²) in [5.74, 6) is 0.554. The Kier molecular flexibility index (Phi) is 6.61. The summed E-state index contributed by atoms with van der Waals surface area (Å²) >= 11 is 6.52. The monoisotopic (exact) mass is 450 g/mol. The van der Waals surface area contributed by atoms with E-state index < -0.39 is 0 Å². The van der Waals surface area contributed by atoms with Crippen molar-refractivity contribution < 1.29 is 9.90 Å². The summed E-state index contributed by atoms with van der Waals surface area (Å²) in [6, 6.07) is 13.9. The summed E-state index contributed by atoms with van der Waals surface area (Å²) in [6.07, 6.45) is 5.04. The summed E-state index contributed by atoms with van der Waals surface area (Å²) in [6.45, 7) is 5.70. The molecule has 1 amide bonds. The minimum atomic E-state index is -0.217. The predicted molar refractivity (Wildman–Crippen MR) is 129 cm³/mol. The average Bonchev–Trinajstić information content (AvgIpc) is 2.81. The Labute approximate surface area is 193 Å². The van der Waals surface area contributed by atoms with Crippen LogP contribution in [0.4, 0.5) is 11.6 Å². The SMILES string of the molecule is CC(C)N(C(=O)c1cnc(N2CCCCC2)nc1-c1ccccc1Cl)c1ccc(O)cc1. The molecule has 32 heavy (non-hydrogen) atoms. The maximum atomic E-state index is 13.8. The standard InChI is InChI=1S/C25H27ClN4O2/c1-17(2)30(18-10-12-19(31)13-11-18)24(32)21-16-27-25(29-14-6-3-7-15-29)28-23(21)20-8-4-5-9-22(20)26/h4-5,8-13,16-17,31H,3,6-7,14-15H2,1-2H3. The molecule has 0 radical (unpaired) electrons. The highest BCUT2D eigenvalue weighted by molar-refractivity contribution is 6.33. The van der Waals surface area contributed by atoms with Crippen LogP contribution >= 0.6 is 11.6 Å². The zero-order valence-corrected chi connectivity index (χ0v) is 19.1. The second-order valence-electron chi connectivity index (χ2n) is 8.25. The molecule has 4 rings (SSSR count). The fourth-order valence-corrected chi connectivity index (χ4v) is 4.25. The molecule has 1 aliphatic rings. The summed E-state index contributed by atoms with van der Waals surface area (Å²) < 4.78 is 0. The van der Waals surface area contributed by atoms with Crippen LogP contribution in [0, 0.1) is 0 Å². The summed E-state index contributed by atoms with van der Waals surface area (Å²) in [4.78, 5) is 27.0. The molecule has 0 spiro atoms. The third-order valence-electron chi connectivity index (χ3n) is 5.64. The van der Waals surface area contributed by atoms with Gasteiger partial charge in [0.2, 0.25) is 5.95 Å². The highest BCUT2D eigenvalue weighted by Crippen LogP contribution is 2.32. The van der Waals surface area contributed by atoms with Gasteiger partial charge < -0.3 is 14.9 Å². The Bertz CT molecular complexity index is 1100. The number of benzene rings is 2. The van der Waals surface area contributed by atoms with Crippen LogP contribution in [0.5, 0.6) is 5.75 Å². The smallest absolute Gasteiger partial charge is 0.262 e. The van der Waals surface area contributed by atoms with Gasteiger partial charge in [-0.3, -0.25) is 4.79 Å². The number of aromatic hydroxyl groups is 1. The normalized spacial score (nSPS) is 13.9. The number of carbonyl (C=O) groups excluding carboxylic acids is 1. The second-order valence-corrected chi connectivity index (χ2v) is 8.65. The Hall–Kier alpha value is -3.12. The Balaban J connectivity index is 1.82. The Morgan fingerprint density at radius 3 is 2.41 bits per heavy atom. The van der Waals surface area contributed by atoms with Crippen LogP contribution in [-0.2, 0) is 0 Å². The molecule has 0 unspecified atom stereocenters. The van der Waals surface area contributed by atoms with E-state index in [1.54, 1.807) is 41.4 Å². The van der Waals surface area contributed by atoms with Gasteiger partial charge in [-0.15, -0.1) is 0 Å². The van der Waals surface area contributed by atoms with Crippen LogP contribution in [-0.4, -0.2) is 40.1 Å². The van der Waals surface area contributed by atoms with E-state index in [9.17, 15) is 9.90 Å². The predicted octanol–water partition coefficient (Wildman–Crippen LogP) is 5.55. The van der Waals surface area contributed by atoms with E-state index in [1.165, 1.54) is 6.42 Å². The van der Waals surface area contributed by atoms with Gasteiger partial charge in [-0.25, -0.2) is 9.97 Å². The maximum Gasteiger partial charge on any atom is 0.262 e. The molecule has 166 valence electrons. The number of phenolic OH excluding ortho intramolecular Hbond substituents is 1. The lowest BCUT2D eigenvalue weighted by Gasteiger charge is -2.29. The lowest BCUT2D eigenvalue weighted by atomic mass is 10.0. The van der Waals surface area contributed by atoms with E-state index in [1.807, 2.05) is 32.0 Å². The van der Waals surface area contributed by atoms with E-state index in [0.717, 1.165) is 25.9 Å². The fraction of sp³-hybridized carbons (Fsp3) is 0.320. The summed E-state index contributed by atoms with van der Waals surface area (Å²) in [5, 5.41) is 10.2. The number of rotatable bonds is 5. The van der Waals surface area contributed by atoms with Crippen molar-refractivity contribution in [1.82, 2.24) is 9.97 Å². The third kappa shape index (κ3) is 4.55. The molecule has 0 bridgehead atoms. The lowest BCUT2D eigenvalue weighted by molar-refractivity contribution is 0.0980. The summed E-state index contributed by atoms with van der Waals surface area (Å²) in [7, 11) is 0. The molecule has 3 aromatic rings. The largest absolute Gasteiger partial charge is 0.508 e. The first-order valence-electron chi connectivity index (χ1n) is 10.9. The van der Waals surface area contributed by atoms with Crippen LogP contribution in [0.25, 0.3) is 11.3 Å². The van der Waals surface area contributed by atoms with Gasteiger partial charge >= 0.3 is 0 Å². The number of anilines is 2. The van der Waals surface area contributed by atoms with Crippen LogP contribution in [0.2, 0.25) is 5.02 Å². The highest BCUT2D eigenvalue weighted by Gasteiger charge is 2.27. The van der Waals surface area contributed by atoms with E-state index in [2.05, 4.69) is 9.88 Å². The Morgan fingerprint density at radius 1 is 1.06 bits per heavy atom. The number of hydrogen-bond acceptors (Lipinski definition) is 5. The number of hydrogen-bond donors (Lipinski definition) is 1. The highest BCUT2D eigenvalue weighted by atomic mass is 35.5. The molecule has 2 aromatic carbocycles. The van der Waals surface area contributed by atoms with Crippen molar-refractivity contribution in [2.24, 2.45) is 0 Å². The van der Waals surface area contributed by atoms with Gasteiger partial charge in [-0.1, -0.05) is 29.8 Å². The number of halogens is 1. The summed E-state index contributed by atoms with van der Waals surface area (Å²) in [5.41, 5.74) is 2.31. The van der Waals surface area contributed by atoms with Crippen LogP contribution in [0.3, 0.4) is 0 Å². The van der Waals surface area contributed by atoms with Gasteiger partial charge in [0.1, 0.15) is 5.75 Å². The van der Waals surface area contributed by atoms with Gasteiger partial charge in [-0.2, -0.15) is 0 Å². The fourth-order valence-electron chi connectivity index (χ4n) is 4.03. The molecule has 1 aromatic heterocycles. The molecular weight excluding hydrogens is 424 g/mol. The third-order valence-corrected chi connectivity index (χ3v) is 5.97. The van der Waals surface area contributed by atoms with Crippen molar-refractivity contribution in [3.8, 4) is 17.0 Å². The van der Waals surface area contributed by atoms with E-state index >= 15 is 0 Å². The van der Waals surface area contributed by atoms with Crippen molar-refractivity contribution in [2.75, 3.05) is 22.9 Å². The van der Waals surface area contributed by atoms with Gasteiger partial charge in [0, 0.05) is 41.6 Å². The molecule has 0 saturated carbocycles. The zero-order valence-electron chi connectivity index (χ0n) is 18.3. The maximum absolute atomic E-state index is 13.8. The molecular formula is C25H27ClN4O2. The van der Waals surface area contributed by atoms with Crippen LogP contribution < -0.4 is 9.80 Å². The quantitative estimate of drug-likeness (QED) is 0.552. The number of carbonyl (C=O) groups is 1. The second kappa shape index (κ2) is 9.57. The number of piperidine rings is 1. The van der Waals surface area contributed by atoms with Crippen molar-refractivity contribution in [3.05, 3.63) is 65.3 Å².